The van der Waals surface area contributed by atoms with Crippen molar-refractivity contribution in [1.82, 2.24) is 0 Å². The van der Waals surface area contributed by atoms with Gasteiger partial charge in [0.15, 0.2) is 0 Å². The van der Waals surface area contributed by atoms with Gasteiger partial charge in [-0.15, -0.1) is 0 Å². The number of nitrogen functional groups attached to an aromatic ring is 1. The number of ether oxygens (including phenoxy) is 1. The van der Waals surface area contributed by atoms with Crippen molar-refractivity contribution in [2.45, 2.75) is 24.7 Å². The maximum Gasteiger partial charge on any atom is 0.311 e. The first kappa shape index (κ1) is 24.7. The van der Waals surface area contributed by atoms with Crippen molar-refractivity contribution in [3.8, 4) is 16.9 Å². The summed E-state index contributed by atoms with van der Waals surface area (Å²) in [5.41, 5.74) is 14.5. The molecular weight excluding hydrogens is 454 g/mol. The summed E-state index contributed by atoms with van der Waals surface area (Å²) in [6.45, 7) is 1.90. The quantitative estimate of drug-likeness (QED) is 0.194. The molecule has 6 N–H and O–H groups in total. The summed E-state index contributed by atoms with van der Waals surface area (Å²) in [7, 11) is -3.84. The third-order valence-electron chi connectivity index (χ3n) is 4.97. The molecule has 1 amide bonds. The molecule has 0 unspecified atom stereocenters. The van der Waals surface area contributed by atoms with Crippen molar-refractivity contribution < 1.29 is 22.7 Å². The second-order valence-electron chi connectivity index (χ2n) is 7.59. The maximum atomic E-state index is 12.0. The first-order valence-electron chi connectivity index (χ1n) is 10.4. The van der Waals surface area contributed by atoms with E-state index in [1.54, 1.807) is 54.6 Å². The Bertz CT molecular complexity index is 1360. The van der Waals surface area contributed by atoms with E-state index in [-0.39, 0.29) is 22.1 Å². The number of primary amides is 1. The highest BCUT2D eigenvalue weighted by atomic mass is 32.2. The Hall–Kier alpha value is -3.95. The highest BCUT2D eigenvalue weighted by Gasteiger charge is 2.14. The Labute approximate surface area is 198 Å². The van der Waals surface area contributed by atoms with Crippen LogP contribution in [0.15, 0.2) is 65.6 Å². The molecule has 8 nitrogen and oxygen atoms in total. The molecule has 0 bridgehead atoms. The summed E-state index contributed by atoms with van der Waals surface area (Å²) < 4.78 is 28.4. The average molecular weight is 480 g/mol. The molecule has 0 fully saturated rings. The average Bonchev–Trinajstić information content (AvgIpc) is 2.78. The Morgan fingerprint density at radius 3 is 2.26 bits per heavy atom. The van der Waals surface area contributed by atoms with E-state index in [1.807, 2.05) is 13.0 Å². The largest absolute Gasteiger partial charge is 0.427 e. The Morgan fingerprint density at radius 1 is 0.971 bits per heavy atom. The summed E-state index contributed by atoms with van der Waals surface area (Å²) in [6, 6.07) is 16.2. The zero-order valence-corrected chi connectivity index (χ0v) is 19.3. The number of nitrogens with two attached hydrogens (primary N) is 3. The molecule has 0 atom stereocenters. The molecule has 0 aliphatic heterocycles. The molecule has 3 rings (SSSR count). The first-order chi connectivity index (χ1) is 16.1. The highest BCUT2D eigenvalue weighted by molar-refractivity contribution is 7.89. The Balaban J connectivity index is 1.97. The van der Waals surface area contributed by atoms with Crippen LogP contribution in [-0.2, 0) is 14.8 Å². The molecule has 0 saturated heterocycles. The topological polar surface area (TPSA) is 156 Å². The van der Waals surface area contributed by atoms with E-state index < -0.39 is 15.9 Å². The summed E-state index contributed by atoms with van der Waals surface area (Å²) in [5.74, 6) is -0.558. The second kappa shape index (κ2) is 10.3. The van der Waals surface area contributed by atoms with E-state index >= 15 is 0 Å². The van der Waals surface area contributed by atoms with Crippen molar-refractivity contribution >= 4 is 39.7 Å². The van der Waals surface area contributed by atoms with Gasteiger partial charge < -0.3 is 16.2 Å². The van der Waals surface area contributed by atoms with Gasteiger partial charge >= 0.3 is 5.97 Å². The van der Waals surface area contributed by atoms with Gasteiger partial charge in [0.1, 0.15) is 5.75 Å². The minimum absolute atomic E-state index is 0.0412. The number of amides is 1. The molecule has 0 aliphatic rings. The second-order valence-corrected chi connectivity index (χ2v) is 9.15. The molecule has 0 heterocycles. The monoisotopic (exact) mass is 479 g/mol. The van der Waals surface area contributed by atoms with Crippen LogP contribution in [0.3, 0.4) is 0 Å². The number of hydrogen-bond donors (Lipinski definition) is 3. The number of primary sulfonamides is 1. The first-order valence-corrected chi connectivity index (χ1v) is 12.0. The summed E-state index contributed by atoms with van der Waals surface area (Å²) >= 11 is 0. The van der Waals surface area contributed by atoms with Crippen molar-refractivity contribution in [2.24, 2.45) is 10.9 Å². The van der Waals surface area contributed by atoms with Gasteiger partial charge in [-0.05, 0) is 59.5 Å². The molecule has 0 aliphatic carbocycles. The molecule has 176 valence electrons. The van der Waals surface area contributed by atoms with Crippen LogP contribution >= 0.6 is 0 Å². The minimum atomic E-state index is -3.84. The minimum Gasteiger partial charge on any atom is -0.427 e. The van der Waals surface area contributed by atoms with Gasteiger partial charge in [-0.2, -0.15) is 0 Å². The van der Waals surface area contributed by atoms with Gasteiger partial charge in [-0.25, -0.2) is 13.6 Å². The van der Waals surface area contributed by atoms with Gasteiger partial charge in [0, 0.05) is 12.0 Å². The van der Waals surface area contributed by atoms with Gasteiger partial charge in [-0.3, -0.25) is 9.59 Å². The highest BCUT2D eigenvalue weighted by Crippen LogP contribution is 2.32. The number of esters is 1. The van der Waals surface area contributed by atoms with E-state index in [0.29, 0.717) is 35.3 Å². The zero-order valence-electron chi connectivity index (χ0n) is 18.5. The van der Waals surface area contributed by atoms with E-state index in [2.05, 4.69) is 0 Å². The van der Waals surface area contributed by atoms with Crippen molar-refractivity contribution in [3.63, 3.8) is 0 Å². The standard InChI is InChI=1S/C25H25N3O5S/c1-2-4-23(29)33-19-6-3-5-16(13-19)7-8-17-14-21(24(26)22(15-17)25(27)30)18-9-11-20(12-10-18)34(28,31)32/h3,5-15H,2,4,26H2,1H3,(H2,27,30)(H2,28,31,32)/b8-7+. The predicted molar refractivity (Wildman–Crippen MR) is 132 cm³/mol. The van der Waals surface area contributed by atoms with Gasteiger partial charge in [0.05, 0.1) is 16.1 Å². The summed E-state index contributed by atoms with van der Waals surface area (Å²) in [4.78, 5) is 23.7. The van der Waals surface area contributed by atoms with Gasteiger partial charge in [0.2, 0.25) is 10.0 Å². The Morgan fingerprint density at radius 2 is 1.65 bits per heavy atom. The van der Waals surface area contributed by atoms with Crippen LogP contribution in [0.4, 0.5) is 5.69 Å². The SMILES string of the molecule is CCCC(=O)Oc1cccc(/C=C/c2cc(C(N)=O)c(N)c(-c3ccc(S(N)(=O)=O)cc3)c2)c1. The number of sulfonamides is 1. The van der Waals surface area contributed by atoms with Crippen LogP contribution in [0.1, 0.15) is 41.3 Å². The van der Waals surface area contributed by atoms with Crippen molar-refractivity contribution in [1.29, 1.82) is 0 Å². The Kier molecular flexibility index (Phi) is 7.50. The summed E-state index contributed by atoms with van der Waals surface area (Å²) in [5, 5.41) is 5.16. The van der Waals surface area contributed by atoms with E-state index in [1.165, 1.54) is 12.1 Å². The number of carbonyl (C=O) groups is 2. The smallest absolute Gasteiger partial charge is 0.311 e. The van der Waals surface area contributed by atoms with Crippen molar-refractivity contribution in [2.75, 3.05) is 5.73 Å². The third-order valence-corrected chi connectivity index (χ3v) is 5.90. The molecule has 3 aromatic rings. The fourth-order valence-corrected chi connectivity index (χ4v) is 3.81. The van der Waals surface area contributed by atoms with Crippen LogP contribution in [-0.4, -0.2) is 20.3 Å². The lowest BCUT2D eigenvalue weighted by Gasteiger charge is -2.12. The normalized spacial score (nSPS) is 11.5. The van der Waals surface area contributed by atoms with Crippen LogP contribution in [0.25, 0.3) is 23.3 Å². The maximum absolute atomic E-state index is 12.0. The molecule has 0 radical (unpaired) electrons. The predicted octanol–water partition coefficient (Wildman–Crippen LogP) is 3.56. The van der Waals surface area contributed by atoms with E-state index in [0.717, 1.165) is 5.56 Å². The fourth-order valence-electron chi connectivity index (χ4n) is 3.30. The molecule has 0 spiro atoms. The lowest BCUT2D eigenvalue weighted by molar-refractivity contribution is -0.134. The van der Waals surface area contributed by atoms with Crippen LogP contribution in [0, 0.1) is 0 Å². The van der Waals surface area contributed by atoms with E-state index in [4.69, 9.17) is 21.3 Å². The molecule has 0 aromatic heterocycles. The zero-order chi connectivity index (χ0) is 24.9. The number of benzene rings is 3. The lowest BCUT2D eigenvalue weighted by Crippen LogP contribution is -2.14. The number of rotatable bonds is 8. The lowest BCUT2D eigenvalue weighted by atomic mass is 9.96. The van der Waals surface area contributed by atoms with E-state index in [9.17, 15) is 18.0 Å². The van der Waals surface area contributed by atoms with Gasteiger partial charge in [-0.1, -0.05) is 43.3 Å². The molecular formula is C25H25N3O5S. The number of carbonyl (C=O) groups excluding carboxylic acids is 2. The van der Waals surface area contributed by atoms with Gasteiger partial charge in [0.25, 0.3) is 5.91 Å². The van der Waals surface area contributed by atoms with Crippen molar-refractivity contribution in [3.05, 3.63) is 77.4 Å². The number of anilines is 1. The van der Waals surface area contributed by atoms with Crippen LogP contribution in [0.2, 0.25) is 0 Å². The molecule has 34 heavy (non-hydrogen) atoms. The molecule has 9 heteroatoms. The van der Waals surface area contributed by atoms with Crippen LogP contribution < -0.4 is 21.3 Å². The fraction of sp³-hybridized carbons (Fsp3) is 0.120. The molecule has 3 aromatic carbocycles. The summed E-state index contributed by atoms with van der Waals surface area (Å²) in [6.07, 6.45) is 4.59. The molecule has 0 saturated carbocycles. The van der Waals surface area contributed by atoms with Crippen LogP contribution in [0.5, 0.6) is 5.75 Å². The number of hydrogen-bond acceptors (Lipinski definition) is 6. The third kappa shape index (κ3) is 6.09.